The van der Waals surface area contributed by atoms with Gasteiger partial charge in [0.05, 0.1) is 27.8 Å². The minimum absolute atomic E-state index is 0.0190. The van der Waals surface area contributed by atoms with E-state index < -0.39 is 37.0 Å². The third-order valence-corrected chi connectivity index (χ3v) is 19.3. The highest BCUT2D eigenvalue weighted by molar-refractivity contribution is 6.90. The second kappa shape index (κ2) is 16.2. The van der Waals surface area contributed by atoms with Crippen LogP contribution in [-0.4, -0.2) is 97.0 Å². The van der Waals surface area contributed by atoms with Crippen LogP contribution in [0, 0.1) is 30.0 Å². The van der Waals surface area contributed by atoms with Crippen molar-refractivity contribution >= 4 is 35.6 Å². The molecular weight excluding hydrogens is 760 g/mol. The molecule has 2 aromatic carbocycles. The van der Waals surface area contributed by atoms with Crippen LogP contribution in [0.25, 0.3) is 32.9 Å². The number of β-amino-alcohol motifs (C(OH)–C–C–N with tert-alkyl or cyclic N) is 1. The Hall–Kier alpha value is -3.96. The van der Waals surface area contributed by atoms with Gasteiger partial charge in [0.25, 0.3) is 0 Å². The lowest BCUT2D eigenvalue weighted by Gasteiger charge is -2.38. The van der Waals surface area contributed by atoms with Gasteiger partial charge >= 0.3 is 6.01 Å². The maximum absolute atomic E-state index is 17.7. The lowest BCUT2D eigenvalue weighted by Crippen LogP contribution is -2.46. The fraction of sp³-hybridized carbons (Fsp3) is 0.578. The zero-order valence-electron chi connectivity index (χ0n) is 35.4. The van der Waals surface area contributed by atoms with Crippen molar-refractivity contribution in [2.45, 2.75) is 121 Å². The van der Waals surface area contributed by atoms with Crippen LogP contribution in [0.1, 0.15) is 91.8 Å². The fourth-order valence-electron chi connectivity index (χ4n) is 10.4. The quantitative estimate of drug-likeness (QED) is 0.0904. The number of benzene rings is 2. The third-order valence-electron chi connectivity index (χ3n) is 13.0. The zero-order valence-corrected chi connectivity index (χ0v) is 36.4. The minimum atomic E-state index is -2.31. The molecule has 312 valence electrons. The fourth-order valence-corrected chi connectivity index (χ4v) is 15.6. The van der Waals surface area contributed by atoms with E-state index in [-0.39, 0.29) is 42.7 Å². The van der Waals surface area contributed by atoms with E-state index in [0.29, 0.717) is 88.0 Å². The monoisotopic (exact) mass is 817 g/mol. The largest absolute Gasteiger partial charge is 0.468 e. The van der Waals surface area contributed by atoms with Crippen LogP contribution in [0.15, 0.2) is 24.3 Å². The van der Waals surface area contributed by atoms with E-state index in [1.54, 1.807) is 32.0 Å². The molecule has 3 saturated heterocycles. The van der Waals surface area contributed by atoms with Crippen molar-refractivity contribution in [2.24, 2.45) is 0 Å². The van der Waals surface area contributed by atoms with Crippen molar-refractivity contribution in [3.63, 3.8) is 0 Å². The van der Waals surface area contributed by atoms with Crippen LogP contribution in [0.3, 0.4) is 0 Å². The highest BCUT2D eigenvalue weighted by atomic mass is 28.3. The van der Waals surface area contributed by atoms with Crippen molar-refractivity contribution in [2.75, 3.05) is 51.6 Å². The van der Waals surface area contributed by atoms with Gasteiger partial charge in [-0.15, -0.1) is 5.54 Å². The first-order chi connectivity index (χ1) is 27.5. The highest BCUT2D eigenvalue weighted by Gasteiger charge is 2.49. The van der Waals surface area contributed by atoms with Gasteiger partial charge in [-0.3, -0.25) is 4.90 Å². The molecule has 0 unspecified atom stereocenters. The van der Waals surface area contributed by atoms with Crippen molar-refractivity contribution in [3.05, 3.63) is 47.2 Å². The van der Waals surface area contributed by atoms with Gasteiger partial charge in [0.2, 0.25) is 0 Å². The third kappa shape index (κ3) is 7.66. The molecule has 0 saturated carbocycles. The summed E-state index contributed by atoms with van der Waals surface area (Å²) in [5.41, 5.74) is 3.98. The van der Waals surface area contributed by atoms with E-state index in [9.17, 15) is 9.50 Å². The van der Waals surface area contributed by atoms with Crippen LogP contribution in [0.4, 0.5) is 19.0 Å². The van der Waals surface area contributed by atoms with Gasteiger partial charge < -0.3 is 24.2 Å². The van der Waals surface area contributed by atoms with E-state index in [1.165, 1.54) is 13.2 Å². The van der Waals surface area contributed by atoms with Gasteiger partial charge in [0.15, 0.2) is 12.6 Å². The normalized spacial score (nSPS) is 22.7. The van der Waals surface area contributed by atoms with Gasteiger partial charge in [0.1, 0.15) is 49.4 Å². The number of alkyl halides is 1. The molecule has 3 aliphatic heterocycles. The molecule has 0 bridgehead atoms. The molecule has 2 aromatic heterocycles. The van der Waals surface area contributed by atoms with Crippen molar-refractivity contribution < 1.29 is 32.5 Å². The minimum Gasteiger partial charge on any atom is -0.468 e. The Morgan fingerprint density at radius 3 is 2.38 bits per heavy atom. The van der Waals surface area contributed by atoms with Crippen LogP contribution in [0.5, 0.6) is 11.8 Å². The number of halogens is 3. The summed E-state index contributed by atoms with van der Waals surface area (Å²) in [6.07, 6.45) is 2.45. The Labute approximate surface area is 341 Å². The van der Waals surface area contributed by atoms with Crippen LogP contribution in [-0.2, 0) is 4.74 Å². The van der Waals surface area contributed by atoms with Crippen LogP contribution < -0.4 is 14.4 Å². The predicted octanol–water partition coefficient (Wildman–Crippen LogP) is 9.29. The van der Waals surface area contributed by atoms with Gasteiger partial charge in [-0.2, -0.15) is 9.97 Å². The summed E-state index contributed by atoms with van der Waals surface area (Å²) in [6.45, 7) is 18.9. The number of ether oxygens (including phenoxy) is 3. The van der Waals surface area contributed by atoms with Gasteiger partial charge in [0, 0.05) is 44.1 Å². The number of rotatable bonds is 11. The van der Waals surface area contributed by atoms with E-state index in [2.05, 4.69) is 57.9 Å². The maximum atomic E-state index is 17.7. The Bertz CT molecular complexity index is 2240. The molecule has 0 radical (unpaired) electrons. The molecule has 7 rings (SSSR count). The topological polar surface area (TPSA) is 93.1 Å². The number of hydrogen-bond acceptors (Lipinski definition) is 9. The first-order valence-corrected chi connectivity index (χ1v) is 23.0. The average Bonchev–Trinajstić information content (AvgIpc) is 3.69. The van der Waals surface area contributed by atoms with E-state index >= 15 is 8.78 Å². The summed E-state index contributed by atoms with van der Waals surface area (Å²) in [6, 6.07) is 6.43. The molecule has 9 nitrogen and oxygen atoms in total. The molecule has 4 aromatic rings. The second-order valence-electron chi connectivity index (χ2n) is 18.0. The number of hydrogen-bond donors (Lipinski definition) is 1. The first-order valence-electron chi connectivity index (χ1n) is 20.8. The number of anilines is 1. The summed E-state index contributed by atoms with van der Waals surface area (Å²) in [5.74, 6) is 2.87. The molecule has 3 fully saturated rings. The molecule has 3 aliphatic rings. The zero-order chi connectivity index (χ0) is 41.7. The molecule has 0 aliphatic carbocycles. The lowest BCUT2D eigenvalue weighted by molar-refractivity contribution is 0.0447. The Morgan fingerprint density at radius 1 is 0.966 bits per heavy atom. The molecule has 13 heteroatoms. The molecular formula is C45H58F3N5O4Si. The SMILES string of the molecule is COCOc1cc(-c2nc(C)c3c(N4CCC[C@@](C)(O)C4)nc(OC[C@@]45CCCN4C[C@H](F)C5)nc3c2F)c2c(C#C[Si](C(C)C)(C(C)C)C(C)C)c(F)ccc2c1. The predicted molar refractivity (Wildman–Crippen MR) is 226 cm³/mol. The van der Waals surface area contributed by atoms with Gasteiger partial charge in [-0.1, -0.05) is 53.5 Å². The number of piperidine rings is 1. The molecule has 0 amide bonds. The number of aromatic nitrogens is 3. The molecule has 58 heavy (non-hydrogen) atoms. The van der Waals surface area contributed by atoms with E-state index in [0.717, 1.165) is 19.4 Å². The van der Waals surface area contributed by atoms with Crippen molar-refractivity contribution in [3.8, 4) is 34.5 Å². The summed E-state index contributed by atoms with van der Waals surface area (Å²) in [7, 11) is -0.796. The molecule has 0 spiro atoms. The molecule has 1 N–H and O–H groups in total. The number of aryl methyl sites for hydroxylation is 1. The van der Waals surface area contributed by atoms with Gasteiger partial charge in [-0.25, -0.2) is 18.2 Å². The highest BCUT2D eigenvalue weighted by Crippen LogP contribution is 2.44. The maximum Gasteiger partial charge on any atom is 0.319 e. The van der Waals surface area contributed by atoms with E-state index in [1.807, 2.05) is 4.90 Å². The number of pyridine rings is 1. The number of fused-ring (bicyclic) bond motifs is 3. The summed E-state index contributed by atoms with van der Waals surface area (Å²) >= 11 is 0. The summed E-state index contributed by atoms with van der Waals surface area (Å²) in [5, 5.41) is 12.6. The van der Waals surface area contributed by atoms with Crippen LogP contribution >= 0.6 is 0 Å². The number of methoxy groups -OCH3 is 1. The van der Waals surface area contributed by atoms with E-state index in [4.69, 9.17) is 29.2 Å². The Balaban J connectivity index is 1.46. The smallest absolute Gasteiger partial charge is 0.319 e. The molecule has 3 atom stereocenters. The van der Waals surface area contributed by atoms with Crippen molar-refractivity contribution in [1.29, 1.82) is 0 Å². The number of aliphatic hydroxyl groups is 1. The first kappa shape index (κ1) is 42.2. The summed E-state index contributed by atoms with van der Waals surface area (Å²) < 4.78 is 66.2. The summed E-state index contributed by atoms with van der Waals surface area (Å²) in [4.78, 5) is 18.6. The number of nitrogens with zero attached hydrogens (tertiary/aromatic N) is 5. The molecule has 5 heterocycles. The lowest BCUT2D eigenvalue weighted by atomic mass is 9.94. The average molecular weight is 818 g/mol. The van der Waals surface area contributed by atoms with Gasteiger partial charge in [-0.05, 0) is 86.3 Å². The second-order valence-corrected chi connectivity index (χ2v) is 23.6. The Morgan fingerprint density at radius 2 is 1.69 bits per heavy atom. The standard InChI is InChI=1S/C45H58F3N5O4Si/c1-27(2)58(28(3)4,29(5)6)19-14-34-36(47)13-12-31-20-33(57-26-55-9)21-35(38(31)34)40-39(48)41-37(30(7)49-40)42(52-17-10-15-44(8,54)24-52)51-43(50-41)56-25-45-16-11-18-53(45)23-32(46)22-45/h12-13,20-21,27-29,32,54H,10-11,15-18,22-26H2,1-9H3/t32-,44-,45+/m1/s1. The Kier molecular flexibility index (Phi) is 11.8. The van der Waals surface area contributed by atoms with Crippen LogP contribution in [0.2, 0.25) is 16.6 Å². The van der Waals surface area contributed by atoms with Crippen molar-refractivity contribution in [1.82, 2.24) is 19.9 Å².